The van der Waals surface area contributed by atoms with E-state index in [0.29, 0.717) is 12.6 Å². The molecule has 2 fully saturated rings. The summed E-state index contributed by atoms with van der Waals surface area (Å²) < 4.78 is 12.2. The highest BCUT2D eigenvalue weighted by atomic mass is 32.1. The van der Waals surface area contributed by atoms with Crippen molar-refractivity contribution in [1.82, 2.24) is 9.88 Å². The second kappa shape index (κ2) is 7.09. The number of hydrogen-bond donors (Lipinski definition) is 0. The third kappa shape index (κ3) is 3.48. The summed E-state index contributed by atoms with van der Waals surface area (Å²) in [6.07, 6.45) is 6.31. The number of rotatable bonds is 5. The third-order valence-electron chi connectivity index (χ3n) is 4.80. The van der Waals surface area contributed by atoms with E-state index in [4.69, 9.17) is 9.47 Å². The summed E-state index contributed by atoms with van der Waals surface area (Å²) in [4.78, 5) is 6.72. The summed E-state index contributed by atoms with van der Waals surface area (Å²) in [5, 5.41) is 4.40. The minimum absolute atomic E-state index is 0.200. The van der Waals surface area contributed by atoms with Gasteiger partial charge in [0.1, 0.15) is 0 Å². The maximum atomic E-state index is 6.15. The maximum absolute atomic E-state index is 6.15. The molecule has 1 aliphatic carbocycles. The Kier molecular flexibility index (Phi) is 4.71. The highest BCUT2D eigenvalue weighted by Gasteiger charge is 2.43. The first kappa shape index (κ1) is 15.3. The van der Waals surface area contributed by atoms with E-state index >= 15 is 0 Å². The van der Waals surface area contributed by atoms with E-state index in [9.17, 15) is 0 Å². The molecule has 4 rings (SSSR count). The van der Waals surface area contributed by atoms with Crippen LogP contribution in [0.1, 0.15) is 24.0 Å². The smallest absolute Gasteiger partial charge is 0.0992 e. The zero-order chi connectivity index (χ0) is 15.5. The van der Waals surface area contributed by atoms with E-state index in [1.165, 1.54) is 5.56 Å². The average molecular weight is 330 g/mol. The minimum atomic E-state index is 0.200. The number of aromatic nitrogens is 1. The predicted octanol–water partition coefficient (Wildman–Crippen LogP) is 3.09. The van der Waals surface area contributed by atoms with Crippen molar-refractivity contribution < 1.29 is 9.47 Å². The van der Waals surface area contributed by atoms with E-state index in [1.807, 2.05) is 12.3 Å². The van der Waals surface area contributed by atoms with Crippen molar-refractivity contribution in [3.05, 3.63) is 52.5 Å². The molecule has 0 unspecified atom stereocenters. The van der Waals surface area contributed by atoms with Crippen LogP contribution in [-0.4, -0.2) is 41.3 Å². The van der Waals surface area contributed by atoms with Gasteiger partial charge in [0.15, 0.2) is 0 Å². The quantitative estimate of drug-likeness (QED) is 0.844. The van der Waals surface area contributed by atoms with Gasteiger partial charge in [-0.15, -0.1) is 0 Å². The molecular formula is C18H22N2O2S. The van der Waals surface area contributed by atoms with Crippen LogP contribution in [0.5, 0.6) is 0 Å². The molecule has 0 spiro atoms. The highest BCUT2D eigenvalue weighted by molar-refractivity contribution is 7.07. The average Bonchev–Trinajstić information content (AvgIpc) is 3.24. The summed E-state index contributed by atoms with van der Waals surface area (Å²) in [5.41, 5.74) is 2.54. The van der Waals surface area contributed by atoms with Crippen LogP contribution in [0.25, 0.3) is 0 Å². The van der Waals surface area contributed by atoms with Crippen LogP contribution < -0.4 is 0 Å². The van der Waals surface area contributed by atoms with Crippen molar-refractivity contribution in [3.8, 4) is 0 Å². The van der Waals surface area contributed by atoms with Crippen molar-refractivity contribution in [2.24, 2.45) is 0 Å². The number of thiophene rings is 1. The summed E-state index contributed by atoms with van der Waals surface area (Å²) in [7, 11) is 0. The minimum Gasteiger partial charge on any atom is -0.373 e. The fourth-order valence-corrected chi connectivity index (χ4v) is 4.33. The summed E-state index contributed by atoms with van der Waals surface area (Å²) in [6, 6.07) is 6.72. The van der Waals surface area contributed by atoms with Crippen LogP contribution in [-0.2, 0) is 22.6 Å². The first-order valence-corrected chi connectivity index (χ1v) is 9.21. The van der Waals surface area contributed by atoms with Gasteiger partial charge in [0, 0.05) is 31.5 Å². The molecule has 2 aliphatic rings. The molecule has 2 aromatic rings. The Bertz CT molecular complexity index is 605. The lowest BCUT2D eigenvalue weighted by Gasteiger charge is -2.39. The summed E-state index contributed by atoms with van der Waals surface area (Å²) in [6.45, 7) is 3.48. The SMILES string of the molecule is c1cncc(CO[C@@H]2CC[C@@H]3[C@H]2OCCN3Cc2ccsc2)c1. The summed E-state index contributed by atoms with van der Waals surface area (Å²) >= 11 is 1.77. The van der Waals surface area contributed by atoms with Gasteiger partial charge in [0.2, 0.25) is 0 Å². The Hall–Kier alpha value is -1.27. The first-order chi connectivity index (χ1) is 11.4. The predicted molar refractivity (Wildman–Crippen MR) is 90.3 cm³/mol. The number of nitrogens with zero attached hydrogens (tertiary/aromatic N) is 2. The zero-order valence-corrected chi connectivity index (χ0v) is 14.0. The second-order valence-corrected chi connectivity index (χ2v) is 7.07. The lowest BCUT2D eigenvalue weighted by atomic mass is 10.1. The van der Waals surface area contributed by atoms with Crippen LogP contribution in [0.3, 0.4) is 0 Å². The van der Waals surface area contributed by atoms with Crippen molar-refractivity contribution in [1.29, 1.82) is 0 Å². The second-order valence-electron chi connectivity index (χ2n) is 6.29. The molecule has 0 N–H and O–H groups in total. The highest BCUT2D eigenvalue weighted by Crippen LogP contribution is 2.33. The monoisotopic (exact) mass is 330 g/mol. The number of fused-ring (bicyclic) bond motifs is 1. The first-order valence-electron chi connectivity index (χ1n) is 8.27. The Labute approximate surface area is 141 Å². The van der Waals surface area contributed by atoms with Crippen LogP contribution in [0.4, 0.5) is 0 Å². The fraction of sp³-hybridized carbons (Fsp3) is 0.500. The van der Waals surface area contributed by atoms with E-state index in [0.717, 1.165) is 38.1 Å². The molecule has 5 heteroatoms. The van der Waals surface area contributed by atoms with Crippen molar-refractivity contribution in [3.63, 3.8) is 0 Å². The zero-order valence-electron chi connectivity index (χ0n) is 13.1. The molecule has 0 aromatic carbocycles. The fourth-order valence-electron chi connectivity index (χ4n) is 3.67. The Balaban J connectivity index is 1.37. The van der Waals surface area contributed by atoms with Crippen molar-refractivity contribution in [2.75, 3.05) is 13.2 Å². The van der Waals surface area contributed by atoms with Crippen LogP contribution in [0, 0.1) is 0 Å². The molecule has 122 valence electrons. The molecular weight excluding hydrogens is 308 g/mol. The largest absolute Gasteiger partial charge is 0.373 e. The molecule has 3 heterocycles. The van der Waals surface area contributed by atoms with Gasteiger partial charge in [-0.3, -0.25) is 9.88 Å². The number of morpholine rings is 1. The molecule has 1 saturated carbocycles. The molecule has 0 bridgehead atoms. The molecule has 4 nitrogen and oxygen atoms in total. The molecule has 1 saturated heterocycles. The topological polar surface area (TPSA) is 34.6 Å². The van der Waals surface area contributed by atoms with Gasteiger partial charge in [-0.25, -0.2) is 0 Å². The summed E-state index contributed by atoms with van der Waals surface area (Å²) in [5.74, 6) is 0. The standard InChI is InChI=1S/C18H22N2O2S/c1-2-14(10-19-6-1)12-22-17-4-3-16-18(17)21-8-7-20(16)11-15-5-9-23-13-15/h1-2,5-6,9-10,13,16-18H,3-4,7-8,11-12H2/t16-,17-,18-/m1/s1. The molecule has 0 radical (unpaired) electrons. The van der Waals surface area contributed by atoms with Gasteiger partial charge < -0.3 is 9.47 Å². The number of pyridine rings is 1. The maximum Gasteiger partial charge on any atom is 0.0992 e. The Morgan fingerprint density at radius 1 is 1.30 bits per heavy atom. The van der Waals surface area contributed by atoms with Crippen molar-refractivity contribution >= 4 is 11.3 Å². The molecule has 2 aromatic heterocycles. The van der Waals surface area contributed by atoms with Crippen LogP contribution in [0.15, 0.2) is 41.4 Å². The van der Waals surface area contributed by atoms with Gasteiger partial charge in [0.05, 0.1) is 25.4 Å². The lowest BCUT2D eigenvalue weighted by molar-refractivity contribution is -0.118. The number of ether oxygens (including phenoxy) is 2. The molecule has 23 heavy (non-hydrogen) atoms. The van der Waals surface area contributed by atoms with Gasteiger partial charge in [-0.1, -0.05) is 6.07 Å². The van der Waals surface area contributed by atoms with Crippen LogP contribution in [0.2, 0.25) is 0 Å². The van der Waals surface area contributed by atoms with Gasteiger partial charge >= 0.3 is 0 Å². The Morgan fingerprint density at radius 3 is 3.13 bits per heavy atom. The lowest BCUT2D eigenvalue weighted by Crippen LogP contribution is -2.51. The molecule has 0 amide bonds. The number of hydrogen-bond acceptors (Lipinski definition) is 5. The van der Waals surface area contributed by atoms with Gasteiger partial charge in [-0.2, -0.15) is 11.3 Å². The van der Waals surface area contributed by atoms with Crippen molar-refractivity contribution in [2.45, 2.75) is 44.2 Å². The molecule has 1 aliphatic heterocycles. The van der Waals surface area contributed by atoms with Gasteiger partial charge in [-0.05, 0) is 46.9 Å². The molecule has 3 atom stereocenters. The van der Waals surface area contributed by atoms with Gasteiger partial charge in [0.25, 0.3) is 0 Å². The van der Waals surface area contributed by atoms with E-state index in [1.54, 1.807) is 17.5 Å². The van der Waals surface area contributed by atoms with E-state index < -0.39 is 0 Å². The van der Waals surface area contributed by atoms with Crippen LogP contribution >= 0.6 is 11.3 Å². The van der Waals surface area contributed by atoms with E-state index in [-0.39, 0.29) is 12.2 Å². The van der Waals surface area contributed by atoms with E-state index in [2.05, 4.69) is 32.8 Å². The Morgan fingerprint density at radius 2 is 2.30 bits per heavy atom. The third-order valence-corrected chi connectivity index (χ3v) is 5.54. The normalized spacial score (nSPS) is 27.9.